The van der Waals surface area contributed by atoms with Crippen molar-refractivity contribution in [1.82, 2.24) is 0 Å². The van der Waals surface area contributed by atoms with Crippen molar-refractivity contribution in [3.05, 3.63) is 69.4 Å². The SMILES string of the molecule is CC.CC.CC.CCOC(=O)c1cc2ccc(C(=O)C(=O)OC)cc2s1.COC(=O)C(F)(F)c1ccc2cc(C(=O)O)sc2c1. The minimum Gasteiger partial charge on any atom is -0.477 e. The van der Waals surface area contributed by atoms with E-state index in [-0.39, 0.29) is 10.4 Å². The number of methoxy groups -OCH3 is 2. The summed E-state index contributed by atoms with van der Waals surface area (Å²) in [6, 6.07) is 11.4. The van der Waals surface area contributed by atoms with E-state index in [1.54, 1.807) is 25.1 Å². The molecule has 4 aromatic rings. The molecule has 246 valence electrons. The molecule has 0 amide bonds. The predicted molar refractivity (Wildman–Crippen MR) is 173 cm³/mol. The Labute approximate surface area is 268 Å². The number of carbonyl (C=O) groups is 5. The Hall–Kier alpha value is -4.23. The van der Waals surface area contributed by atoms with Crippen LogP contribution in [-0.4, -0.2) is 55.6 Å². The van der Waals surface area contributed by atoms with Crippen LogP contribution in [0.25, 0.3) is 20.2 Å². The van der Waals surface area contributed by atoms with Gasteiger partial charge in [-0.3, -0.25) is 4.79 Å². The third-order valence-corrected chi connectivity index (χ3v) is 7.33. The van der Waals surface area contributed by atoms with Gasteiger partial charge in [0.15, 0.2) is 0 Å². The number of aromatic carboxylic acids is 1. The highest BCUT2D eigenvalue weighted by Gasteiger charge is 2.42. The second-order valence-corrected chi connectivity index (χ2v) is 9.81. The van der Waals surface area contributed by atoms with Gasteiger partial charge in [0.1, 0.15) is 9.75 Å². The fraction of sp³-hybridized carbons (Fsp3) is 0.344. The van der Waals surface area contributed by atoms with E-state index in [0.717, 1.165) is 47.8 Å². The van der Waals surface area contributed by atoms with Gasteiger partial charge in [0, 0.05) is 20.5 Å². The van der Waals surface area contributed by atoms with Crippen molar-refractivity contribution < 1.29 is 52.1 Å². The molecule has 0 aliphatic rings. The number of esters is 3. The number of halogens is 2. The molecule has 0 atom stereocenters. The van der Waals surface area contributed by atoms with Gasteiger partial charge in [0.25, 0.3) is 5.78 Å². The highest BCUT2D eigenvalue weighted by molar-refractivity contribution is 7.21. The smallest absolute Gasteiger partial charge is 0.381 e. The van der Waals surface area contributed by atoms with Crippen molar-refractivity contribution in [2.24, 2.45) is 0 Å². The fourth-order valence-corrected chi connectivity index (χ4v) is 5.20. The highest BCUT2D eigenvalue weighted by Crippen LogP contribution is 2.34. The molecule has 9 nitrogen and oxygen atoms in total. The number of thiophene rings is 2. The first-order valence-corrected chi connectivity index (χ1v) is 15.6. The van der Waals surface area contributed by atoms with Crippen LogP contribution in [0.1, 0.15) is 83.7 Å². The first-order valence-electron chi connectivity index (χ1n) is 14.0. The van der Waals surface area contributed by atoms with Crippen LogP contribution >= 0.6 is 22.7 Å². The zero-order valence-corrected chi connectivity index (χ0v) is 28.2. The van der Waals surface area contributed by atoms with E-state index in [0.29, 0.717) is 21.6 Å². The Morgan fingerprint density at radius 2 is 1.27 bits per heavy atom. The molecule has 45 heavy (non-hydrogen) atoms. The van der Waals surface area contributed by atoms with Gasteiger partial charge in [-0.05, 0) is 42.0 Å². The summed E-state index contributed by atoms with van der Waals surface area (Å²) < 4.78 is 41.8. The summed E-state index contributed by atoms with van der Waals surface area (Å²) in [5.41, 5.74) is -0.285. The van der Waals surface area contributed by atoms with E-state index in [2.05, 4.69) is 9.47 Å². The van der Waals surface area contributed by atoms with Crippen LogP contribution in [0.3, 0.4) is 0 Å². The van der Waals surface area contributed by atoms with Gasteiger partial charge >= 0.3 is 29.8 Å². The maximum absolute atomic E-state index is 13.7. The number of hydrogen-bond donors (Lipinski definition) is 1. The molecule has 1 N–H and O–H groups in total. The third kappa shape index (κ3) is 10.7. The molecule has 0 aliphatic carbocycles. The first-order chi connectivity index (χ1) is 21.4. The Kier molecular flexibility index (Phi) is 18.1. The minimum absolute atomic E-state index is 0.0496. The van der Waals surface area contributed by atoms with Crippen molar-refractivity contribution in [3.8, 4) is 0 Å². The van der Waals surface area contributed by atoms with Crippen LogP contribution < -0.4 is 0 Å². The molecule has 13 heteroatoms. The summed E-state index contributed by atoms with van der Waals surface area (Å²) in [5.74, 6) is -8.54. The van der Waals surface area contributed by atoms with Crippen molar-refractivity contribution in [2.45, 2.75) is 54.4 Å². The number of carbonyl (C=O) groups excluding carboxylic acids is 4. The largest absolute Gasteiger partial charge is 0.477 e. The number of carboxylic acids is 1. The van der Waals surface area contributed by atoms with Crippen LogP contribution in [-0.2, 0) is 29.7 Å². The Morgan fingerprint density at radius 1 is 0.756 bits per heavy atom. The fourth-order valence-electron chi connectivity index (χ4n) is 3.26. The van der Waals surface area contributed by atoms with E-state index in [9.17, 15) is 32.8 Å². The standard InChI is InChI=1S/C14H12O5S.C12H8F2O4S.3C2H6/c1-3-19-13(16)11-6-8-4-5-9(7-10(8)20-11)12(15)14(17)18-2;1-18-11(17)12(13,14)7-3-2-6-4-9(10(15)16)19-8(6)5-7;3*1-2/h4-7H,3H2,1-2H3;2-5H,1H3,(H,15,16);3*1-2H3. The summed E-state index contributed by atoms with van der Waals surface area (Å²) >= 11 is 2.09. The zero-order chi connectivity index (χ0) is 34.9. The maximum atomic E-state index is 13.7. The zero-order valence-electron chi connectivity index (χ0n) is 26.6. The second kappa shape index (κ2) is 19.9. The van der Waals surface area contributed by atoms with E-state index in [4.69, 9.17) is 9.84 Å². The van der Waals surface area contributed by atoms with Crippen LogP contribution in [0.4, 0.5) is 8.78 Å². The lowest BCUT2D eigenvalue weighted by atomic mass is 10.1. The van der Waals surface area contributed by atoms with E-state index in [1.165, 1.54) is 29.5 Å². The summed E-state index contributed by atoms with van der Waals surface area (Å²) in [6.45, 7) is 14.0. The number of ether oxygens (including phenoxy) is 3. The molecule has 4 rings (SSSR count). The number of hydrogen-bond acceptors (Lipinski definition) is 10. The van der Waals surface area contributed by atoms with Crippen LogP contribution in [0.5, 0.6) is 0 Å². The van der Waals surface area contributed by atoms with Crippen molar-refractivity contribution in [2.75, 3.05) is 20.8 Å². The summed E-state index contributed by atoms with van der Waals surface area (Å²) in [7, 11) is 2.03. The number of ketones is 1. The lowest BCUT2D eigenvalue weighted by Gasteiger charge is -2.13. The first kappa shape index (κ1) is 40.8. The molecule has 0 bridgehead atoms. The number of rotatable bonds is 7. The normalized spacial score (nSPS) is 9.84. The average Bonchev–Trinajstić information content (AvgIpc) is 3.71. The minimum atomic E-state index is -3.75. The van der Waals surface area contributed by atoms with Crippen LogP contribution in [0.2, 0.25) is 0 Å². The number of benzene rings is 2. The topological polar surface area (TPSA) is 133 Å². The third-order valence-electron chi connectivity index (χ3n) is 5.16. The Morgan fingerprint density at radius 3 is 1.78 bits per heavy atom. The molecule has 2 aromatic carbocycles. The quantitative estimate of drug-likeness (QED) is 0.0892. The monoisotopic (exact) mass is 668 g/mol. The van der Waals surface area contributed by atoms with Gasteiger partial charge in [0.2, 0.25) is 0 Å². The second-order valence-electron chi connectivity index (χ2n) is 7.64. The van der Waals surface area contributed by atoms with Crippen LogP contribution in [0.15, 0.2) is 48.5 Å². The molecule has 2 heterocycles. The van der Waals surface area contributed by atoms with Gasteiger partial charge in [0.05, 0.1) is 20.8 Å². The van der Waals surface area contributed by atoms with E-state index >= 15 is 0 Å². The Balaban J connectivity index is 0.000000739. The van der Waals surface area contributed by atoms with Crippen LogP contribution in [0, 0.1) is 0 Å². The van der Waals surface area contributed by atoms with Crippen molar-refractivity contribution in [1.29, 1.82) is 0 Å². The summed E-state index contributed by atoms with van der Waals surface area (Å²) in [6.07, 6.45) is 0. The number of alkyl halides is 2. The molecule has 0 unspecified atom stereocenters. The Bertz CT molecular complexity index is 1590. The average molecular weight is 669 g/mol. The van der Waals surface area contributed by atoms with Crippen molar-refractivity contribution in [3.63, 3.8) is 0 Å². The van der Waals surface area contributed by atoms with Gasteiger partial charge < -0.3 is 19.3 Å². The number of carboxylic acid groups (broad SMARTS) is 1. The molecule has 2 aromatic heterocycles. The van der Waals surface area contributed by atoms with E-state index < -0.39 is 41.1 Å². The summed E-state index contributed by atoms with van der Waals surface area (Å²) in [4.78, 5) is 56.9. The molecular weight excluding hydrogens is 630 g/mol. The molecule has 0 fully saturated rings. The molecule has 0 radical (unpaired) electrons. The molecule has 0 saturated carbocycles. The lowest BCUT2D eigenvalue weighted by Crippen LogP contribution is -2.27. The number of Topliss-reactive ketones (excluding diaryl/α,β-unsaturated/α-hetero) is 1. The molecule has 0 saturated heterocycles. The number of fused-ring (bicyclic) bond motifs is 2. The highest BCUT2D eigenvalue weighted by atomic mass is 32.1. The molecule has 0 aliphatic heterocycles. The van der Waals surface area contributed by atoms with Gasteiger partial charge in [-0.25, -0.2) is 19.2 Å². The summed E-state index contributed by atoms with van der Waals surface area (Å²) in [5, 5.41) is 10.2. The lowest BCUT2D eigenvalue weighted by molar-refractivity contribution is -0.170. The predicted octanol–water partition coefficient (Wildman–Crippen LogP) is 8.38. The van der Waals surface area contributed by atoms with Gasteiger partial charge in [-0.1, -0.05) is 65.8 Å². The maximum Gasteiger partial charge on any atom is 0.381 e. The van der Waals surface area contributed by atoms with Gasteiger partial charge in [-0.2, -0.15) is 8.78 Å². The van der Waals surface area contributed by atoms with Gasteiger partial charge in [-0.15, -0.1) is 22.7 Å². The van der Waals surface area contributed by atoms with E-state index in [1.807, 2.05) is 41.5 Å². The molecular formula is C32H38F2O9S2. The molecule has 0 spiro atoms. The van der Waals surface area contributed by atoms with Crippen molar-refractivity contribution >= 4 is 72.5 Å².